The molecule has 18 heavy (non-hydrogen) atoms. The molecule has 2 aromatic rings. The first-order valence-electron chi connectivity index (χ1n) is 5.53. The Morgan fingerprint density at radius 1 is 1.33 bits per heavy atom. The van der Waals surface area contributed by atoms with Crippen LogP contribution in [0, 0.1) is 0 Å². The summed E-state index contributed by atoms with van der Waals surface area (Å²) in [7, 11) is 0. The lowest BCUT2D eigenvalue weighted by molar-refractivity contribution is -0.139. The molecule has 6 nitrogen and oxygen atoms in total. The highest BCUT2D eigenvalue weighted by Crippen LogP contribution is 2.24. The molecule has 0 aliphatic rings. The lowest BCUT2D eigenvalue weighted by Gasteiger charge is -2.09. The second kappa shape index (κ2) is 5.31. The second-order valence-corrected chi connectivity index (χ2v) is 3.95. The lowest BCUT2D eigenvalue weighted by Crippen LogP contribution is -2.14. The zero-order chi connectivity index (χ0) is 13.0. The Morgan fingerprint density at radius 3 is 2.61 bits per heavy atom. The molecule has 0 aliphatic heterocycles. The third-order valence-electron chi connectivity index (χ3n) is 2.73. The van der Waals surface area contributed by atoms with Crippen molar-refractivity contribution in [1.82, 2.24) is 10.3 Å². The Kier molecular flexibility index (Phi) is 3.57. The third kappa shape index (κ3) is 2.65. The average Bonchev–Trinajstić information content (AvgIpc) is 2.77. The van der Waals surface area contributed by atoms with Crippen LogP contribution in [-0.4, -0.2) is 21.4 Å². The van der Waals surface area contributed by atoms with E-state index in [2.05, 4.69) is 14.9 Å². The summed E-state index contributed by atoms with van der Waals surface area (Å²) in [4.78, 5) is 11.2. The number of nitrogens with two attached hydrogens (primary N) is 1. The van der Waals surface area contributed by atoms with Gasteiger partial charge in [-0.25, -0.2) is 4.63 Å². The van der Waals surface area contributed by atoms with Crippen LogP contribution in [-0.2, 0) is 11.2 Å². The van der Waals surface area contributed by atoms with Crippen LogP contribution in [0.1, 0.15) is 23.6 Å². The van der Waals surface area contributed by atoms with Crippen LogP contribution >= 0.6 is 0 Å². The molecule has 1 atom stereocenters. The SMILES string of the molecule is Nc1nonc1C(CCc1ccccc1)C(=O)O. The van der Waals surface area contributed by atoms with Gasteiger partial charge in [-0.1, -0.05) is 35.5 Å². The van der Waals surface area contributed by atoms with Crippen LogP contribution in [0.15, 0.2) is 35.0 Å². The van der Waals surface area contributed by atoms with E-state index in [1.54, 1.807) is 0 Å². The number of hydrogen-bond donors (Lipinski definition) is 2. The first-order chi connectivity index (χ1) is 8.68. The first kappa shape index (κ1) is 12.1. The van der Waals surface area contributed by atoms with Crippen molar-refractivity contribution in [3.63, 3.8) is 0 Å². The molecule has 0 saturated heterocycles. The fraction of sp³-hybridized carbons (Fsp3) is 0.250. The van der Waals surface area contributed by atoms with E-state index in [0.717, 1.165) is 5.56 Å². The summed E-state index contributed by atoms with van der Waals surface area (Å²) in [6.45, 7) is 0. The Labute approximate surface area is 103 Å². The highest BCUT2D eigenvalue weighted by Gasteiger charge is 2.26. The van der Waals surface area contributed by atoms with Gasteiger partial charge in [0.25, 0.3) is 0 Å². The minimum Gasteiger partial charge on any atom is -0.481 e. The van der Waals surface area contributed by atoms with Gasteiger partial charge in [-0.2, -0.15) is 0 Å². The first-order valence-corrected chi connectivity index (χ1v) is 5.53. The molecule has 3 N–H and O–H groups in total. The van der Waals surface area contributed by atoms with Crippen LogP contribution in [0.25, 0.3) is 0 Å². The minimum absolute atomic E-state index is 0.0375. The standard InChI is InChI=1S/C12H13N3O3/c13-11-10(14-18-15-11)9(12(16)17)7-6-8-4-2-1-3-5-8/h1-5,9H,6-7H2,(H2,13,15)(H,16,17). The molecule has 1 heterocycles. The molecule has 6 heteroatoms. The van der Waals surface area contributed by atoms with Gasteiger partial charge in [-0.3, -0.25) is 4.79 Å². The topological polar surface area (TPSA) is 102 Å². The number of hydrogen-bond acceptors (Lipinski definition) is 5. The molecular formula is C12H13N3O3. The Bertz CT molecular complexity index is 524. The molecule has 1 aromatic carbocycles. The fourth-order valence-electron chi connectivity index (χ4n) is 1.78. The van der Waals surface area contributed by atoms with Crippen LogP contribution in [0.4, 0.5) is 5.82 Å². The van der Waals surface area contributed by atoms with Gasteiger partial charge >= 0.3 is 5.97 Å². The normalized spacial score (nSPS) is 12.2. The van der Waals surface area contributed by atoms with E-state index < -0.39 is 11.9 Å². The van der Waals surface area contributed by atoms with Crippen LogP contribution < -0.4 is 5.73 Å². The van der Waals surface area contributed by atoms with Crippen molar-refractivity contribution in [3.05, 3.63) is 41.6 Å². The van der Waals surface area contributed by atoms with Crippen LogP contribution in [0.2, 0.25) is 0 Å². The number of carboxylic acid groups (broad SMARTS) is 1. The lowest BCUT2D eigenvalue weighted by atomic mass is 9.96. The molecule has 0 saturated carbocycles. The van der Waals surface area contributed by atoms with E-state index in [0.29, 0.717) is 12.8 Å². The maximum absolute atomic E-state index is 11.2. The molecule has 94 valence electrons. The van der Waals surface area contributed by atoms with Crippen molar-refractivity contribution in [2.24, 2.45) is 0 Å². The smallest absolute Gasteiger partial charge is 0.312 e. The third-order valence-corrected chi connectivity index (χ3v) is 2.73. The number of nitrogens with zero attached hydrogens (tertiary/aromatic N) is 2. The van der Waals surface area contributed by atoms with Gasteiger partial charge in [0, 0.05) is 0 Å². The number of aryl methyl sites for hydroxylation is 1. The Hall–Kier alpha value is -2.37. The van der Waals surface area contributed by atoms with Gasteiger partial charge in [0.2, 0.25) is 0 Å². The average molecular weight is 247 g/mol. The molecule has 0 fully saturated rings. The molecule has 0 radical (unpaired) electrons. The number of aliphatic carboxylic acids is 1. The predicted molar refractivity (Wildman–Crippen MR) is 63.9 cm³/mol. The number of rotatable bonds is 5. The number of benzene rings is 1. The Balaban J connectivity index is 2.09. The van der Waals surface area contributed by atoms with Gasteiger partial charge in [-0.05, 0) is 23.6 Å². The number of nitrogen functional groups attached to an aromatic ring is 1. The van der Waals surface area contributed by atoms with Crippen molar-refractivity contribution >= 4 is 11.8 Å². The van der Waals surface area contributed by atoms with Gasteiger partial charge in [0.15, 0.2) is 5.82 Å². The largest absolute Gasteiger partial charge is 0.481 e. The fourth-order valence-corrected chi connectivity index (χ4v) is 1.78. The summed E-state index contributed by atoms with van der Waals surface area (Å²) < 4.78 is 4.44. The molecular weight excluding hydrogens is 234 g/mol. The molecule has 0 bridgehead atoms. The highest BCUT2D eigenvalue weighted by molar-refractivity contribution is 5.76. The van der Waals surface area contributed by atoms with E-state index in [9.17, 15) is 9.90 Å². The van der Waals surface area contributed by atoms with Crippen LogP contribution in [0.3, 0.4) is 0 Å². The molecule has 1 unspecified atom stereocenters. The number of carboxylic acids is 1. The van der Waals surface area contributed by atoms with Crippen molar-refractivity contribution in [3.8, 4) is 0 Å². The zero-order valence-corrected chi connectivity index (χ0v) is 9.61. The summed E-state index contributed by atoms with van der Waals surface area (Å²) >= 11 is 0. The summed E-state index contributed by atoms with van der Waals surface area (Å²) in [5, 5.41) is 16.1. The second-order valence-electron chi connectivity index (χ2n) is 3.95. The van der Waals surface area contributed by atoms with Crippen LogP contribution in [0.5, 0.6) is 0 Å². The highest BCUT2D eigenvalue weighted by atomic mass is 16.6. The van der Waals surface area contributed by atoms with Crippen molar-refractivity contribution < 1.29 is 14.5 Å². The molecule has 0 spiro atoms. The van der Waals surface area contributed by atoms with Crippen molar-refractivity contribution in [2.45, 2.75) is 18.8 Å². The summed E-state index contributed by atoms with van der Waals surface area (Å²) in [5.74, 6) is -1.74. The maximum Gasteiger partial charge on any atom is 0.312 e. The monoisotopic (exact) mass is 247 g/mol. The van der Waals surface area contributed by atoms with E-state index in [4.69, 9.17) is 5.73 Å². The molecule has 2 rings (SSSR count). The van der Waals surface area contributed by atoms with E-state index in [-0.39, 0.29) is 11.5 Å². The van der Waals surface area contributed by atoms with Gasteiger partial charge in [-0.15, -0.1) is 0 Å². The van der Waals surface area contributed by atoms with E-state index in [1.807, 2.05) is 30.3 Å². The van der Waals surface area contributed by atoms with Gasteiger partial charge < -0.3 is 10.8 Å². The number of carbonyl (C=O) groups is 1. The Morgan fingerprint density at radius 2 is 2.06 bits per heavy atom. The number of anilines is 1. The van der Waals surface area contributed by atoms with E-state index >= 15 is 0 Å². The number of aromatic nitrogens is 2. The quantitative estimate of drug-likeness (QED) is 0.829. The molecule has 0 aliphatic carbocycles. The maximum atomic E-state index is 11.2. The van der Waals surface area contributed by atoms with Crippen molar-refractivity contribution in [2.75, 3.05) is 5.73 Å². The van der Waals surface area contributed by atoms with E-state index in [1.165, 1.54) is 0 Å². The summed E-state index contributed by atoms with van der Waals surface area (Å²) in [5.41, 5.74) is 6.78. The summed E-state index contributed by atoms with van der Waals surface area (Å²) in [6.07, 6.45) is 1.03. The molecule has 0 amide bonds. The van der Waals surface area contributed by atoms with Crippen molar-refractivity contribution in [1.29, 1.82) is 0 Å². The van der Waals surface area contributed by atoms with Gasteiger partial charge in [0.05, 0.1) is 0 Å². The molecule has 1 aromatic heterocycles. The summed E-state index contributed by atoms with van der Waals surface area (Å²) in [6, 6.07) is 9.64. The van der Waals surface area contributed by atoms with Gasteiger partial charge in [0.1, 0.15) is 11.6 Å². The zero-order valence-electron chi connectivity index (χ0n) is 9.61. The predicted octanol–water partition coefficient (Wildman–Crippen LogP) is 1.45. The minimum atomic E-state index is -0.978.